The molecule has 2 aromatic rings. The maximum Gasteiger partial charge on any atom is 0.219 e. The van der Waals surface area contributed by atoms with Crippen LogP contribution in [0.1, 0.15) is 11.3 Å². The van der Waals surface area contributed by atoms with Crippen LogP contribution in [0.4, 0.5) is 0 Å². The molecular weight excluding hydrogens is 282 g/mol. The fourth-order valence-corrected chi connectivity index (χ4v) is 1.92. The van der Waals surface area contributed by atoms with Gasteiger partial charge < -0.3 is 9.84 Å². The van der Waals surface area contributed by atoms with E-state index in [4.69, 9.17) is 9.84 Å². The lowest BCUT2D eigenvalue weighted by molar-refractivity contribution is 0.275. The number of pyridine rings is 1. The molecule has 17 heavy (non-hydrogen) atoms. The number of rotatable bonds is 3. The molecule has 0 fully saturated rings. The lowest BCUT2D eigenvalue weighted by atomic mass is 10.2. The molecule has 0 atom stereocenters. The first-order valence-electron chi connectivity index (χ1n) is 5.20. The zero-order valence-electron chi connectivity index (χ0n) is 9.35. The molecule has 1 aromatic carbocycles. The zero-order valence-corrected chi connectivity index (χ0v) is 10.9. The third-order valence-electron chi connectivity index (χ3n) is 2.29. The van der Waals surface area contributed by atoms with Crippen LogP contribution in [-0.2, 0) is 6.61 Å². The van der Waals surface area contributed by atoms with Crippen LogP contribution >= 0.6 is 15.9 Å². The number of hydrogen-bond acceptors (Lipinski definition) is 3. The van der Waals surface area contributed by atoms with Gasteiger partial charge in [-0.2, -0.15) is 0 Å². The van der Waals surface area contributed by atoms with E-state index < -0.39 is 0 Å². The van der Waals surface area contributed by atoms with Gasteiger partial charge >= 0.3 is 0 Å². The van der Waals surface area contributed by atoms with Gasteiger partial charge in [-0.05, 0) is 36.8 Å². The third kappa shape index (κ3) is 3.05. The number of aliphatic hydroxyl groups excluding tert-OH is 1. The minimum atomic E-state index is -0.0868. The zero-order chi connectivity index (χ0) is 12.3. The molecule has 1 N–H and O–H groups in total. The molecule has 0 unspecified atom stereocenters. The smallest absolute Gasteiger partial charge is 0.219 e. The van der Waals surface area contributed by atoms with Crippen LogP contribution in [0.15, 0.2) is 40.9 Å². The monoisotopic (exact) mass is 293 g/mol. The topological polar surface area (TPSA) is 42.4 Å². The van der Waals surface area contributed by atoms with Crippen molar-refractivity contribution < 1.29 is 9.84 Å². The summed E-state index contributed by atoms with van der Waals surface area (Å²) in [5.74, 6) is 1.25. The van der Waals surface area contributed by atoms with Crippen molar-refractivity contribution in [3.05, 3.63) is 52.1 Å². The summed E-state index contributed by atoms with van der Waals surface area (Å²) in [5.41, 5.74) is 1.62. The van der Waals surface area contributed by atoms with Crippen molar-refractivity contribution in [1.82, 2.24) is 4.98 Å². The van der Waals surface area contributed by atoms with Crippen molar-refractivity contribution in [2.24, 2.45) is 0 Å². The Bertz CT molecular complexity index is 529. The molecule has 1 heterocycles. The summed E-state index contributed by atoms with van der Waals surface area (Å²) < 4.78 is 6.68. The van der Waals surface area contributed by atoms with Crippen LogP contribution in [0.25, 0.3) is 0 Å². The molecule has 2 rings (SSSR count). The molecule has 0 amide bonds. The molecule has 0 saturated carbocycles. The average Bonchev–Trinajstić information content (AvgIpc) is 2.33. The highest BCUT2D eigenvalue weighted by atomic mass is 79.9. The van der Waals surface area contributed by atoms with E-state index in [1.54, 1.807) is 12.1 Å². The second-order valence-corrected chi connectivity index (χ2v) is 4.55. The van der Waals surface area contributed by atoms with Gasteiger partial charge in [-0.15, -0.1) is 0 Å². The molecule has 0 aliphatic carbocycles. The molecule has 0 aliphatic heterocycles. The van der Waals surface area contributed by atoms with Crippen LogP contribution in [0.3, 0.4) is 0 Å². The molecule has 88 valence electrons. The van der Waals surface area contributed by atoms with Gasteiger partial charge in [0, 0.05) is 10.5 Å². The lowest BCUT2D eigenvalue weighted by Crippen LogP contribution is -1.94. The summed E-state index contributed by atoms with van der Waals surface area (Å²) in [6.07, 6.45) is 0. The Hall–Kier alpha value is -1.39. The Kier molecular flexibility index (Phi) is 3.76. The SMILES string of the molecule is Cc1cc(Br)ccc1Oc1cccc(CO)n1. The fraction of sp³-hybridized carbons (Fsp3) is 0.154. The molecule has 0 radical (unpaired) electrons. The minimum Gasteiger partial charge on any atom is -0.439 e. The first-order chi connectivity index (χ1) is 8.19. The first-order valence-corrected chi connectivity index (χ1v) is 5.99. The number of halogens is 1. The van der Waals surface area contributed by atoms with Gasteiger partial charge in [0.25, 0.3) is 0 Å². The van der Waals surface area contributed by atoms with Crippen LogP contribution in [-0.4, -0.2) is 10.1 Å². The minimum absolute atomic E-state index is 0.0868. The Morgan fingerprint density at radius 2 is 2.12 bits per heavy atom. The van der Waals surface area contributed by atoms with Gasteiger partial charge in [-0.3, -0.25) is 0 Å². The molecule has 0 aliphatic rings. The summed E-state index contributed by atoms with van der Waals surface area (Å²) in [6, 6.07) is 11.1. The normalized spacial score (nSPS) is 10.3. The molecule has 0 bridgehead atoms. The van der Waals surface area contributed by atoms with Crippen molar-refractivity contribution in [2.45, 2.75) is 13.5 Å². The summed E-state index contributed by atoms with van der Waals surface area (Å²) >= 11 is 3.40. The van der Waals surface area contributed by atoms with E-state index in [2.05, 4.69) is 20.9 Å². The van der Waals surface area contributed by atoms with Crippen LogP contribution in [0, 0.1) is 6.92 Å². The van der Waals surface area contributed by atoms with E-state index in [0.29, 0.717) is 11.6 Å². The Labute approximate surface area is 108 Å². The van der Waals surface area contributed by atoms with Crippen molar-refractivity contribution >= 4 is 15.9 Å². The molecule has 1 aromatic heterocycles. The molecule has 3 nitrogen and oxygen atoms in total. The number of hydrogen-bond donors (Lipinski definition) is 1. The number of nitrogens with zero attached hydrogens (tertiary/aromatic N) is 1. The predicted octanol–water partition coefficient (Wildman–Crippen LogP) is 3.44. The third-order valence-corrected chi connectivity index (χ3v) is 2.79. The number of ether oxygens (including phenoxy) is 1. The van der Waals surface area contributed by atoms with Crippen molar-refractivity contribution in [3.63, 3.8) is 0 Å². The largest absolute Gasteiger partial charge is 0.439 e. The van der Waals surface area contributed by atoms with E-state index in [1.165, 1.54) is 0 Å². The average molecular weight is 294 g/mol. The highest BCUT2D eigenvalue weighted by molar-refractivity contribution is 9.10. The van der Waals surface area contributed by atoms with Gasteiger partial charge in [-0.25, -0.2) is 4.98 Å². The number of benzene rings is 1. The van der Waals surface area contributed by atoms with E-state index in [-0.39, 0.29) is 6.61 Å². The van der Waals surface area contributed by atoms with Gasteiger partial charge in [0.1, 0.15) is 5.75 Å². The maximum absolute atomic E-state index is 8.99. The molecule has 0 saturated heterocycles. The second kappa shape index (κ2) is 5.29. The summed E-state index contributed by atoms with van der Waals surface area (Å²) in [7, 11) is 0. The number of aromatic nitrogens is 1. The van der Waals surface area contributed by atoms with Crippen LogP contribution in [0.2, 0.25) is 0 Å². The number of aryl methyl sites for hydroxylation is 1. The molecule has 0 spiro atoms. The standard InChI is InChI=1S/C13H12BrNO2/c1-9-7-10(14)5-6-12(9)17-13-4-2-3-11(8-16)15-13/h2-7,16H,8H2,1H3. The van der Waals surface area contributed by atoms with Crippen molar-refractivity contribution in [2.75, 3.05) is 0 Å². The Morgan fingerprint density at radius 3 is 2.82 bits per heavy atom. The highest BCUT2D eigenvalue weighted by Crippen LogP contribution is 2.26. The summed E-state index contributed by atoms with van der Waals surface area (Å²) in [6.45, 7) is 1.88. The Balaban J connectivity index is 2.25. The van der Waals surface area contributed by atoms with Crippen LogP contribution in [0.5, 0.6) is 11.6 Å². The van der Waals surface area contributed by atoms with Crippen molar-refractivity contribution in [3.8, 4) is 11.6 Å². The van der Waals surface area contributed by atoms with Gasteiger partial charge in [0.15, 0.2) is 0 Å². The van der Waals surface area contributed by atoms with Crippen LogP contribution < -0.4 is 4.74 Å². The summed E-state index contributed by atoms with van der Waals surface area (Å²) in [4.78, 5) is 4.17. The van der Waals surface area contributed by atoms with E-state index >= 15 is 0 Å². The lowest BCUT2D eigenvalue weighted by Gasteiger charge is -2.08. The predicted molar refractivity (Wildman–Crippen MR) is 69.1 cm³/mol. The number of aliphatic hydroxyl groups is 1. The van der Waals surface area contributed by atoms with Gasteiger partial charge in [-0.1, -0.05) is 22.0 Å². The quantitative estimate of drug-likeness (QED) is 0.943. The van der Waals surface area contributed by atoms with Gasteiger partial charge in [0.05, 0.1) is 12.3 Å². The van der Waals surface area contributed by atoms with E-state index in [9.17, 15) is 0 Å². The summed E-state index contributed by atoms with van der Waals surface area (Å²) in [5, 5.41) is 8.99. The second-order valence-electron chi connectivity index (χ2n) is 3.64. The Morgan fingerprint density at radius 1 is 1.29 bits per heavy atom. The first kappa shape index (κ1) is 12.1. The van der Waals surface area contributed by atoms with E-state index in [1.807, 2.05) is 31.2 Å². The van der Waals surface area contributed by atoms with E-state index in [0.717, 1.165) is 15.8 Å². The fourth-order valence-electron chi connectivity index (χ4n) is 1.44. The van der Waals surface area contributed by atoms with Crippen molar-refractivity contribution in [1.29, 1.82) is 0 Å². The van der Waals surface area contributed by atoms with Gasteiger partial charge in [0.2, 0.25) is 5.88 Å². The maximum atomic E-state index is 8.99. The molecule has 4 heteroatoms. The molecular formula is C13H12BrNO2. The highest BCUT2D eigenvalue weighted by Gasteiger charge is 2.03.